The lowest BCUT2D eigenvalue weighted by atomic mass is 9.33. The molecule has 4 atom stereocenters. The molecular formula is C64H58BN3. The molecule has 8 aromatic carbocycles. The van der Waals surface area contributed by atoms with E-state index in [0.29, 0.717) is 0 Å². The summed E-state index contributed by atoms with van der Waals surface area (Å²) < 4.78 is 0. The van der Waals surface area contributed by atoms with Gasteiger partial charge in [0.2, 0.25) is 0 Å². The zero-order valence-corrected chi connectivity index (χ0v) is 39.9. The molecule has 0 amide bonds. The number of benzene rings is 8. The van der Waals surface area contributed by atoms with Crippen molar-refractivity contribution in [2.45, 2.75) is 101 Å². The maximum atomic E-state index is 2.91. The minimum atomic E-state index is -0.125. The number of fused-ring (bicyclic) bond motifs is 10. The first-order valence-electron chi connectivity index (χ1n) is 25.5. The van der Waals surface area contributed by atoms with E-state index in [1.165, 1.54) is 140 Å². The molecule has 0 saturated heterocycles. The lowest BCUT2D eigenvalue weighted by Crippen LogP contribution is -2.64. The predicted molar refractivity (Wildman–Crippen MR) is 288 cm³/mol. The van der Waals surface area contributed by atoms with E-state index in [1.54, 1.807) is 5.56 Å². The number of hydrogen-bond acceptors (Lipinski definition) is 3. The van der Waals surface area contributed by atoms with Gasteiger partial charge >= 0.3 is 0 Å². The monoisotopic (exact) mass is 879 g/mol. The number of hydrogen-bond donors (Lipinski definition) is 0. The Morgan fingerprint density at radius 1 is 0.368 bits per heavy atom. The summed E-state index contributed by atoms with van der Waals surface area (Å²) in [7, 11) is 0. The molecule has 332 valence electrons. The standard InChI is InChI=1S/C64H58BN3/c1-61-34-14-17-37-64(61,4)68-58-42-50(67-55-33-31-47(44-22-10-6-11-23-44)39-52(55)62(2)35-15-16-36-63(62,67)3)41-57-59(58)65(54-29-19-28-51(61)60(54)68)53-32-30-48(45-24-12-7-13-25-45)40-56(53)66(57)49-27-18-26-46(38-49)43-20-8-5-9-21-43/h5-13,18-33,38-42H,14-17,34-37H2,1-4H3. The van der Waals surface area contributed by atoms with E-state index in [4.69, 9.17) is 0 Å². The maximum Gasteiger partial charge on any atom is 0.252 e. The minimum Gasteiger partial charge on any atom is -0.335 e. The van der Waals surface area contributed by atoms with Crippen LogP contribution in [0.5, 0.6) is 0 Å². The molecule has 14 rings (SSSR count). The highest BCUT2D eigenvalue weighted by atomic mass is 15.3. The van der Waals surface area contributed by atoms with Gasteiger partial charge in [-0.2, -0.15) is 0 Å². The summed E-state index contributed by atoms with van der Waals surface area (Å²) in [4.78, 5) is 8.42. The maximum absolute atomic E-state index is 2.91. The molecule has 3 nitrogen and oxygen atoms in total. The number of rotatable bonds is 5. The Bertz CT molecular complexity index is 3350. The molecule has 4 heteroatoms. The molecular weight excluding hydrogens is 822 g/mol. The van der Waals surface area contributed by atoms with Crippen LogP contribution in [0.3, 0.4) is 0 Å². The highest BCUT2D eigenvalue weighted by Gasteiger charge is 2.62. The van der Waals surface area contributed by atoms with Gasteiger partial charge in [0.25, 0.3) is 6.71 Å². The van der Waals surface area contributed by atoms with Crippen LogP contribution in [0, 0.1) is 0 Å². The van der Waals surface area contributed by atoms with Crippen LogP contribution >= 0.6 is 0 Å². The van der Waals surface area contributed by atoms with Gasteiger partial charge in [0, 0.05) is 50.6 Å². The van der Waals surface area contributed by atoms with E-state index in [1.807, 2.05) is 0 Å². The van der Waals surface area contributed by atoms with Crippen molar-refractivity contribution < 1.29 is 0 Å². The molecule has 0 bridgehead atoms. The SMILES string of the molecule is CC12CCCCC1(C)N(c1cc3c4c(c1)N1c5c(cccc5C5(C)CCCCC15C)B4c1ccc(-c4ccccc4)cc1N3c1cccc(-c3ccccc3)c1)c1ccc(-c3ccccc3)cc12. The third-order valence-electron chi connectivity index (χ3n) is 18.7. The Kier molecular flexibility index (Phi) is 8.52. The minimum absolute atomic E-state index is 0.0245. The molecule has 2 aliphatic carbocycles. The van der Waals surface area contributed by atoms with Gasteiger partial charge in [-0.3, -0.25) is 0 Å². The zero-order chi connectivity index (χ0) is 45.6. The van der Waals surface area contributed by atoms with Crippen molar-refractivity contribution in [2.75, 3.05) is 14.7 Å². The van der Waals surface area contributed by atoms with Crippen LogP contribution in [-0.2, 0) is 10.8 Å². The largest absolute Gasteiger partial charge is 0.335 e. The van der Waals surface area contributed by atoms with Crippen LogP contribution in [0.15, 0.2) is 182 Å². The summed E-state index contributed by atoms with van der Waals surface area (Å²) in [5, 5.41) is 0. The second kappa shape index (κ2) is 14.4. The van der Waals surface area contributed by atoms with Crippen LogP contribution in [0.2, 0.25) is 0 Å². The van der Waals surface area contributed by atoms with Gasteiger partial charge in [-0.25, -0.2) is 0 Å². The second-order valence-corrected chi connectivity index (χ2v) is 21.9. The first-order chi connectivity index (χ1) is 33.2. The number of anilines is 7. The van der Waals surface area contributed by atoms with Gasteiger partial charge in [0.15, 0.2) is 0 Å². The molecule has 0 spiro atoms. The first kappa shape index (κ1) is 40.3. The average Bonchev–Trinajstić information content (AvgIpc) is 3.73. The van der Waals surface area contributed by atoms with Crippen LogP contribution in [0.1, 0.15) is 90.2 Å². The van der Waals surface area contributed by atoms with Crippen molar-refractivity contribution in [1.29, 1.82) is 0 Å². The number of para-hydroxylation sites is 1. The summed E-state index contributed by atoms with van der Waals surface area (Å²) in [6, 6.07) is 69.8. The molecule has 0 aromatic heterocycles. The summed E-state index contributed by atoms with van der Waals surface area (Å²) in [5.41, 5.74) is 23.9. The number of nitrogens with zero attached hydrogens (tertiary/aromatic N) is 3. The molecule has 68 heavy (non-hydrogen) atoms. The van der Waals surface area contributed by atoms with Gasteiger partial charge in [-0.05, 0) is 143 Å². The molecule has 4 aliphatic heterocycles. The van der Waals surface area contributed by atoms with E-state index < -0.39 is 0 Å². The lowest BCUT2D eigenvalue weighted by molar-refractivity contribution is 0.194. The van der Waals surface area contributed by atoms with Gasteiger partial charge < -0.3 is 14.7 Å². The molecule has 6 aliphatic rings. The Morgan fingerprint density at radius 3 is 1.59 bits per heavy atom. The Morgan fingerprint density at radius 2 is 0.912 bits per heavy atom. The van der Waals surface area contributed by atoms with Gasteiger partial charge in [0.05, 0.1) is 11.1 Å². The fourth-order valence-electron chi connectivity index (χ4n) is 14.9. The third-order valence-corrected chi connectivity index (χ3v) is 18.7. The van der Waals surface area contributed by atoms with Crippen molar-refractivity contribution in [3.05, 3.63) is 193 Å². The topological polar surface area (TPSA) is 9.72 Å². The average molecular weight is 880 g/mol. The van der Waals surface area contributed by atoms with Crippen molar-refractivity contribution >= 4 is 62.9 Å². The van der Waals surface area contributed by atoms with Crippen molar-refractivity contribution in [3.63, 3.8) is 0 Å². The molecule has 2 saturated carbocycles. The van der Waals surface area contributed by atoms with E-state index in [0.717, 1.165) is 6.42 Å². The quantitative estimate of drug-likeness (QED) is 0.160. The molecule has 4 heterocycles. The highest BCUT2D eigenvalue weighted by Crippen LogP contribution is 2.65. The predicted octanol–water partition coefficient (Wildman–Crippen LogP) is 14.8. The van der Waals surface area contributed by atoms with Crippen LogP contribution in [0.25, 0.3) is 33.4 Å². The Hall–Kier alpha value is -6.78. The van der Waals surface area contributed by atoms with Crippen LogP contribution in [0.4, 0.5) is 39.8 Å². The van der Waals surface area contributed by atoms with Crippen molar-refractivity contribution in [3.8, 4) is 33.4 Å². The van der Waals surface area contributed by atoms with Crippen LogP contribution < -0.4 is 31.1 Å². The van der Waals surface area contributed by atoms with Gasteiger partial charge in [-0.15, -0.1) is 0 Å². The van der Waals surface area contributed by atoms with E-state index in [2.05, 4.69) is 224 Å². The van der Waals surface area contributed by atoms with Crippen molar-refractivity contribution in [1.82, 2.24) is 0 Å². The van der Waals surface area contributed by atoms with Crippen molar-refractivity contribution in [2.24, 2.45) is 0 Å². The normalized spacial score (nSPS) is 24.7. The Labute approximate surface area is 403 Å². The fourth-order valence-corrected chi connectivity index (χ4v) is 14.9. The summed E-state index contributed by atoms with van der Waals surface area (Å²) in [5.74, 6) is 0. The molecule has 2 fully saturated rings. The molecule has 4 unspecified atom stereocenters. The fraction of sp³-hybridized carbons (Fsp3) is 0.250. The summed E-state index contributed by atoms with van der Waals surface area (Å²) >= 11 is 0. The second-order valence-electron chi connectivity index (χ2n) is 21.9. The Balaban J connectivity index is 1.08. The van der Waals surface area contributed by atoms with Gasteiger partial charge in [0.1, 0.15) is 0 Å². The summed E-state index contributed by atoms with van der Waals surface area (Å²) in [6.45, 7) is 10.5. The molecule has 0 N–H and O–H groups in total. The van der Waals surface area contributed by atoms with E-state index in [-0.39, 0.29) is 28.6 Å². The smallest absolute Gasteiger partial charge is 0.252 e. The van der Waals surface area contributed by atoms with E-state index >= 15 is 0 Å². The zero-order valence-electron chi connectivity index (χ0n) is 39.9. The summed E-state index contributed by atoms with van der Waals surface area (Å²) in [6.07, 6.45) is 9.71. The first-order valence-corrected chi connectivity index (χ1v) is 25.5. The lowest BCUT2D eigenvalue weighted by Gasteiger charge is -2.53. The van der Waals surface area contributed by atoms with Gasteiger partial charge in [-0.1, -0.05) is 179 Å². The third kappa shape index (κ3) is 5.27. The molecule has 8 aromatic rings. The van der Waals surface area contributed by atoms with Crippen LogP contribution in [-0.4, -0.2) is 17.8 Å². The van der Waals surface area contributed by atoms with E-state index in [9.17, 15) is 0 Å². The molecule has 0 radical (unpaired) electrons. The highest BCUT2D eigenvalue weighted by molar-refractivity contribution is 7.00.